The van der Waals surface area contributed by atoms with Gasteiger partial charge >= 0.3 is 0 Å². The summed E-state index contributed by atoms with van der Waals surface area (Å²) in [6.45, 7) is 1.54. The molecule has 2 aromatic rings. The van der Waals surface area contributed by atoms with Gasteiger partial charge in [-0.3, -0.25) is 9.10 Å². The molecule has 25 heavy (non-hydrogen) atoms. The fraction of sp³-hybridized carbons (Fsp3) is 0.235. The van der Waals surface area contributed by atoms with Crippen LogP contribution in [0.3, 0.4) is 0 Å². The third-order valence-electron chi connectivity index (χ3n) is 3.53. The van der Waals surface area contributed by atoms with Crippen molar-refractivity contribution in [3.63, 3.8) is 0 Å². The van der Waals surface area contributed by atoms with E-state index in [1.807, 2.05) is 6.92 Å². The van der Waals surface area contributed by atoms with Gasteiger partial charge in [0.25, 0.3) is 0 Å². The number of carbonyl (C=O) groups excluding carboxylic acids is 1. The van der Waals surface area contributed by atoms with Crippen molar-refractivity contribution < 1.29 is 17.6 Å². The number of nitrogens with one attached hydrogen (secondary N) is 1. The minimum atomic E-state index is -3.67. The van der Waals surface area contributed by atoms with Crippen LogP contribution in [0.4, 0.5) is 15.8 Å². The number of sulfonamides is 1. The minimum Gasteiger partial charge on any atom is -0.322 e. The molecule has 0 heterocycles. The lowest BCUT2D eigenvalue weighted by Gasteiger charge is -2.22. The first-order valence-corrected chi connectivity index (χ1v) is 10.2. The number of amides is 1. The lowest BCUT2D eigenvalue weighted by molar-refractivity contribution is -0.114. The van der Waals surface area contributed by atoms with E-state index in [0.717, 1.165) is 22.5 Å². The first-order valence-electron chi connectivity index (χ1n) is 7.52. The monoisotopic (exact) mass is 428 g/mol. The van der Waals surface area contributed by atoms with Crippen LogP contribution in [0.5, 0.6) is 0 Å². The van der Waals surface area contributed by atoms with Crippen molar-refractivity contribution in [3.8, 4) is 0 Å². The van der Waals surface area contributed by atoms with Crippen LogP contribution in [0.15, 0.2) is 46.9 Å². The molecule has 0 aliphatic rings. The SMILES string of the molecule is CCc1ccc(N(CC(=O)Nc2ccc(Br)cc2F)S(C)(=O)=O)cc1. The number of benzene rings is 2. The van der Waals surface area contributed by atoms with Gasteiger partial charge in [0.2, 0.25) is 15.9 Å². The Hall–Kier alpha value is -1.93. The lowest BCUT2D eigenvalue weighted by Crippen LogP contribution is -2.37. The van der Waals surface area contributed by atoms with E-state index in [0.29, 0.717) is 10.2 Å². The molecule has 0 saturated carbocycles. The van der Waals surface area contributed by atoms with E-state index in [-0.39, 0.29) is 5.69 Å². The van der Waals surface area contributed by atoms with E-state index in [9.17, 15) is 17.6 Å². The molecule has 0 atom stereocenters. The third kappa shape index (κ3) is 5.27. The molecule has 0 unspecified atom stereocenters. The fourth-order valence-corrected chi connectivity index (χ4v) is 3.40. The number of anilines is 2. The topological polar surface area (TPSA) is 66.5 Å². The van der Waals surface area contributed by atoms with E-state index < -0.39 is 28.3 Å². The Morgan fingerprint density at radius 2 is 1.84 bits per heavy atom. The normalized spacial score (nSPS) is 11.2. The maximum atomic E-state index is 13.8. The predicted octanol–water partition coefficient (Wildman–Crippen LogP) is 3.56. The standard InChI is InChI=1S/C17H18BrFN2O3S/c1-3-12-4-7-14(8-5-12)21(25(2,23)24)11-17(22)20-16-9-6-13(18)10-15(16)19/h4-10H,3,11H2,1-2H3,(H,20,22). The zero-order chi connectivity index (χ0) is 18.6. The summed E-state index contributed by atoms with van der Waals surface area (Å²) in [5.41, 5.74) is 1.42. The van der Waals surface area contributed by atoms with Crippen molar-refractivity contribution in [3.05, 3.63) is 58.3 Å². The van der Waals surface area contributed by atoms with Crippen LogP contribution in [0.1, 0.15) is 12.5 Å². The molecular weight excluding hydrogens is 411 g/mol. The van der Waals surface area contributed by atoms with Crippen LogP contribution in [-0.4, -0.2) is 27.1 Å². The highest BCUT2D eigenvalue weighted by molar-refractivity contribution is 9.10. The Morgan fingerprint density at radius 3 is 2.36 bits per heavy atom. The number of hydrogen-bond donors (Lipinski definition) is 1. The summed E-state index contributed by atoms with van der Waals surface area (Å²) in [6, 6.07) is 11.1. The van der Waals surface area contributed by atoms with Crippen molar-refractivity contribution in [2.24, 2.45) is 0 Å². The molecule has 0 aromatic heterocycles. The van der Waals surface area contributed by atoms with Gasteiger partial charge in [0, 0.05) is 4.47 Å². The number of hydrogen-bond acceptors (Lipinski definition) is 3. The van der Waals surface area contributed by atoms with Crippen LogP contribution >= 0.6 is 15.9 Å². The first-order chi connectivity index (χ1) is 11.7. The van der Waals surface area contributed by atoms with Gasteiger partial charge in [-0.15, -0.1) is 0 Å². The van der Waals surface area contributed by atoms with Crippen molar-refractivity contribution in [2.75, 3.05) is 22.4 Å². The van der Waals surface area contributed by atoms with Gasteiger partial charge in [-0.2, -0.15) is 0 Å². The molecule has 1 N–H and O–H groups in total. The Labute approximate surface area is 155 Å². The molecule has 134 valence electrons. The average Bonchev–Trinajstić information content (AvgIpc) is 2.54. The van der Waals surface area contributed by atoms with E-state index in [1.54, 1.807) is 30.3 Å². The quantitative estimate of drug-likeness (QED) is 0.764. The summed E-state index contributed by atoms with van der Waals surface area (Å²) >= 11 is 3.13. The van der Waals surface area contributed by atoms with Gasteiger partial charge in [-0.1, -0.05) is 35.0 Å². The first kappa shape index (κ1) is 19.4. The highest BCUT2D eigenvalue weighted by Crippen LogP contribution is 2.21. The van der Waals surface area contributed by atoms with Crippen LogP contribution in [0.25, 0.3) is 0 Å². The number of rotatable bonds is 6. The van der Waals surface area contributed by atoms with Crippen LogP contribution in [0, 0.1) is 5.82 Å². The molecule has 0 bridgehead atoms. The maximum absolute atomic E-state index is 13.8. The summed E-state index contributed by atoms with van der Waals surface area (Å²) in [4.78, 5) is 12.2. The third-order valence-corrected chi connectivity index (χ3v) is 5.16. The van der Waals surface area contributed by atoms with Crippen LogP contribution in [-0.2, 0) is 21.2 Å². The summed E-state index contributed by atoms with van der Waals surface area (Å²) in [6.07, 6.45) is 1.84. The van der Waals surface area contributed by atoms with Crippen molar-refractivity contribution in [1.82, 2.24) is 0 Å². The molecule has 0 spiro atoms. The van der Waals surface area contributed by atoms with Crippen molar-refractivity contribution in [2.45, 2.75) is 13.3 Å². The zero-order valence-corrected chi connectivity index (χ0v) is 16.2. The number of halogens is 2. The van der Waals surface area contributed by atoms with Crippen LogP contribution in [0.2, 0.25) is 0 Å². The molecule has 0 fully saturated rings. The van der Waals surface area contributed by atoms with Gasteiger partial charge in [-0.25, -0.2) is 12.8 Å². The van der Waals surface area contributed by atoms with E-state index in [1.165, 1.54) is 12.1 Å². The second-order valence-corrected chi connectivity index (χ2v) is 8.28. The molecule has 0 radical (unpaired) electrons. The highest BCUT2D eigenvalue weighted by atomic mass is 79.9. The molecule has 8 heteroatoms. The second kappa shape index (κ2) is 7.97. The smallest absolute Gasteiger partial charge is 0.245 e. The minimum absolute atomic E-state index is 0.0111. The largest absolute Gasteiger partial charge is 0.322 e. The Bertz CT molecular complexity index is 870. The van der Waals surface area contributed by atoms with Crippen molar-refractivity contribution >= 4 is 43.2 Å². The number of nitrogens with zero attached hydrogens (tertiary/aromatic N) is 1. The van der Waals surface area contributed by atoms with E-state index >= 15 is 0 Å². The predicted molar refractivity (Wildman–Crippen MR) is 101 cm³/mol. The average molecular weight is 429 g/mol. The molecule has 0 saturated heterocycles. The Morgan fingerprint density at radius 1 is 1.20 bits per heavy atom. The molecule has 2 aromatic carbocycles. The summed E-state index contributed by atoms with van der Waals surface area (Å²) < 4.78 is 39.4. The van der Waals surface area contributed by atoms with E-state index in [4.69, 9.17) is 0 Å². The number of aryl methyl sites for hydroxylation is 1. The maximum Gasteiger partial charge on any atom is 0.245 e. The summed E-state index contributed by atoms with van der Waals surface area (Å²) in [5, 5.41) is 2.39. The Balaban J connectivity index is 2.20. The van der Waals surface area contributed by atoms with Gasteiger partial charge in [0.15, 0.2) is 0 Å². The van der Waals surface area contributed by atoms with E-state index in [2.05, 4.69) is 21.2 Å². The van der Waals surface area contributed by atoms with Gasteiger partial charge < -0.3 is 5.32 Å². The van der Waals surface area contributed by atoms with Gasteiger partial charge in [0.1, 0.15) is 12.4 Å². The molecule has 0 aliphatic heterocycles. The summed E-state index contributed by atoms with van der Waals surface area (Å²) in [7, 11) is -3.67. The zero-order valence-electron chi connectivity index (χ0n) is 13.8. The molecule has 1 amide bonds. The van der Waals surface area contributed by atoms with Gasteiger partial charge in [0.05, 0.1) is 17.6 Å². The van der Waals surface area contributed by atoms with Gasteiger partial charge in [-0.05, 0) is 42.3 Å². The summed E-state index contributed by atoms with van der Waals surface area (Å²) in [5.74, 6) is -1.24. The molecule has 5 nitrogen and oxygen atoms in total. The number of carbonyl (C=O) groups is 1. The van der Waals surface area contributed by atoms with Crippen LogP contribution < -0.4 is 9.62 Å². The molecule has 2 rings (SSSR count). The molecular formula is C17H18BrFN2O3S. The fourth-order valence-electron chi connectivity index (χ4n) is 2.21. The lowest BCUT2D eigenvalue weighted by atomic mass is 10.1. The highest BCUT2D eigenvalue weighted by Gasteiger charge is 2.21. The Kier molecular flexibility index (Phi) is 6.18. The second-order valence-electron chi connectivity index (χ2n) is 5.46. The van der Waals surface area contributed by atoms with Crippen molar-refractivity contribution in [1.29, 1.82) is 0 Å². The molecule has 0 aliphatic carbocycles.